The summed E-state index contributed by atoms with van der Waals surface area (Å²) in [6, 6.07) is 0. The van der Waals surface area contributed by atoms with E-state index >= 15 is 0 Å². The lowest BCUT2D eigenvalue weighted by atomic mass is 9.62. The highest BCUT2D eigenvalue weighted by atomic mass is 14.4. The van der Waals surface area contributed by atoms with Crippen LogP contribution in [0.4, 0.5) is 0 Å². The second-order valence-corrected chi connectivity index (χ2v) is 11.1. The summed E-state index contributed by atoms with van der Waals surface area (Å²) in [4.78, 5) is 0. The molecule has 0 saturated heterocycles. The van der Waals surface area contributed by atoms with E-state index in [2.05, 4.69) is 55.4 Å². The van der Waals surface area contributed by atoms with Gasteiger partial charge in [0.2, 0.25) is 0 Å². The Morgan fingerprint density at radius 2 is 1.08 bits per heavy atom. The van der Waals surface area contributed by atoms with Crippen LogP contribution in [0.2, 0.25) is 0 Å². The fourth-order valence-corrected chi connectivity index (χ4v) is 5.59. The normalized spacial score (nSPS) is 21.5. The van der Waals surface area contributed by atoms with Gasteiger partial charge in [0.05, 0.1) is 0 Å². The predicted octanol–water partition coefficient (Wildman–Crippen LogP) is 8.64. The van der Waals surface area contributed by atoms with E-state index in [0.29, 0.717) is 16.2 Å². The van der Waals surface area contributed by atoms with E-state index in [9.17, 15) is 0 Å². The maximum absolute atomic E-state index is 2.54. The highest BCUT2D eigenvalue weighted by Gasteiger charge is 2.36. The number of hydrogen-bond donors (Lipinski definition) is 0. The molecular formula is C24H48. The summed E-state index contributed by atoms with van der Waals surface area (Å²) in [6.45, 7) is 19.6. The molecule has 0 bridgehead atoms. The Morgan fingerprint density at radius 3 is 1.42 bits per heavy atom. The van der Waals surface area contributed by atoms with Crippen LogP contribution in [-0.4, -0.2) is 0 Å². The molecule has 2 unspecified atom stereocenters. The molecule has 0 heteroatoms. The Hall–Kier alpha value is 0. The Balaban J connectivity index is 2.72. The molecule has 1 aliphatic carbocycles. The van der Waals surface area contributed by atoms with E-state index in [1.54, 1.807) is 0 Å². The molecule has 1 rings (SSSR count). The molecule has 0 amide bonds. The van der Waals surface area contributed by atoms with Crippen molar-refractivity contribution in [3.8, 4) is 0 Å². The third-order valence-electron chi connectivity index (χ3n) is 7.19. The summed E-state index contributed by atoms with van der Waals surface area (Å²) in [6.07, 6.45) is 15.8. The monoisotopic (exact) mass is 336 g/mol. The summed E-state index contributed by atoms with van der Waals surface area (Å²) < 4.78 is 0. The van der Waals surface area contributed by atoms with Crippen LogP contribution >= 0.6 is 0 Å². The van der Waals surface area contributed by atoms with Gasteiger partial charge in [-0.1, -0.05) is 87.5 Å². The first-order valence-electron chi connectivity index (χ1n) is 11.0. The van der Waals surface area contributed by atoms with E-state index in [1.807, 2.05) is 0 Å². The molecule has 0 radical (unpaired) electrons. The molecule has 0 nitrogen and oxygen atoms in total. The molecule has 0 heterocycles. The lowest BCUT2D eigenvalue weighted by Gasteiger charge is -2.43. The second-order valence-electron chi connectivity index (χ2n) is 11.1. The van der Waals surface area contributed by atoms with Crippen LogP contribution in [0.15, 0.2) is 0 Å². The minimum atomic E-state index is 0.519. The van der Waals surface area contributed by atoms with Crippen molar-refractivity contribution in [1.29, 1.82) is 0 Å². The van der Waals surface area contributed by atoms with Crippen LogP contribution in [0.3, 0.4) is 0 Å². The Bertz CT molecular complexity index is 315. The van der Waals surface area contributed by atoms with Gasteiger partial charge in [0.15, 0.2) is 0 Å². The number of rotatable bonds is 10. The van der Waals surface area contributed by atoms with E-state index < -0.39 is 0 Å². The third kappa shape index (κ3) is 7.49. The molecule has 24 heavy (non-hydrogen) atoms. The molecule has 0 aromatic carbocycles. The molecule has 0 aliphatic heterocycles. The van der Waals surface area contributed by atoms with Gasteiger partial charge in [0.1, 0.15) is 0 Å². The summed E-state index contributed by atoms with van der Waals surface area (Å²) in [5.41, 5.74) is 1.70. The van der Waals surface area contributed by atoms with Gasteiger partial charge in [0.25, 0.3) is 0 Å². The average Bonchev–Trinajstić information content (AvgIpc) is 2.46. The van der Waals surface area contributed by atoms with Gasteiger partial charge in [-0.05, 0) is 66.6 Å². The minimum Gasteiger partial charge on any atom is -0.0649 e. The summed E-state index contributed by atoms with van der Waals surface area (Å²) in [7, 11) is 0. The minimum absolute atomic E-state index is 0.519. The molecule has 0 aromatic rings. The largest absolute Gasteiger partial charge is 0.0649 e. The van der Waals surface area contributed by atoms with Gasteiger partial charge >= 0.3 is 0 Å². The van der Waals surface area contributed by atoms with Crippen LogP contribution in [0.25, 0.3) is 0 Å². The van der Waals surface area contributed by atoms with Crippen molar-refractivity contribution in [3.63, 3.8) is 0 Å². The molecule has 1 aliphatic rings. The van der Waals surface area contributed by atoms with Gasteiger partial charge in [0, 0.05) is 0 Å². The van der Waals surface area contributed by atoms with Gasteiger partial charge in [-0.25, -0.2) is 0 Å². The van der Waals surface area contributed by atoms with E-state index in [4.69, 9.17) is 0 Å². The standard InChI is InChI=1S/C24H48/c1-9-22(5,6)16-20(3)18-24(14-12-11-13-15-24)19-21(4)17-23(7,8)10-2/h20-21H,9-19H2,1-8H3. The molecule has 2 atom stereocenters. The summed E-state index contributed by atoms with van der Waals surface area (Å²) in [5.74, 6) is 1.76. The average molecular weight is 337 g/mol. The van der Waals surface area contributed by atoms with Crippen LogP contribution < -0.4 is 0 Å². The van der Waals surface area contributed by atoms with Crippen LogP contribution in [0.1, 0.15) is 126 Å². The number of hydrogen-bond acceptors (Lipinski definition) is 0. The van der Waals surface area contributed by atoms with Crippen molar-refractivity contribution in [3.05, 3.63) is 0 Å². The van der Waals surface area contributed by atoms with Crippen molar-refractivity contribution in [2.24, 2.45) is 28.1 Å². The zero-order valence-electron chi connectivity index (χ0n) is 18.4. The van der Waals surface area contributed by atoms with Crippen molar-refractivity contribution < 1.29 is 0 Å². The van der Waals surface area contributed by atoms with Gasteiger partial charge in [-0.2, -0.15) is 0 Å². The van der Waals surface area contributed by atoms with E-state index in [-0.39, 0.29) is 0 Å². The summed E-state index contributed by atoms with van der Waals surface area (Å²) in [5, 5.41) is 0. The quantitative estimate of drug-likeness (QED) is 0.374. The first kappa shape index (κ1) is 22.0. The summed E-state index contributed by atoms with van der Waals surface area (Å²) >= 11 is 0. The van der Waals surface area contributed by atoms with Crippen molar-refractivity contribution >= 4 is 0 Å². The molecule has 1 saturated carbocycles. The Kier molecular flexibility index (Phi) is 8.35. The zero-order valence-corrected chi connectivity index (χ0v) is 18.4. The Labute approximate surface area is 154 Å². The highest BCUT2D eigenvalue weighted by molar-refractivity contribution is 4.88. The molecular weight excluding hydrogens is 288 g/mol. The van der Waals surface area contributed by atoms with Gasteiger partial charge < -0.3 is 0 Å². The van der Waals surface area contributed by atoms with Crippen LogP contribution in [0, 0.1) is 28.1 Å². The molecule has 0 N–H and O–H groups in total. The van der Waals surface area contributed by atoms with Crippen molar-refractivity contribution in [2.45, 2.75) is 126 Å². The topological polar surface area (TPSA) is 0 Å². The first-order chi connectivity index (χ1) is 11.0. The van der Waals surface area contributed by atoms with Crippen molar-refractivity contribution in [1.82, 2.24) is 0 Å². The van der Waals surface area contributed by atoms with E-state index in [1.165, 1.54) is 70.6 Å². The molecule has 0 aromatic heterocycles. The molecule has 1 fully saturated rings. The van der Waals surface area contributed by atoms with Gasteiger partial charge in [-0.15, -0.1) is 0 Å². The third-order valence-corrected chi connectivity index (χ3v) is 7.19. The lowest BCUT2D eigenvalue weighted by molar-refractivity contribution is 0.0839. The van der Waals surface area contributed by atoms with Crippen LogP contribution in [0.5, 0.6) is 0 Å². The lowest BCUT2D eigenvalue weighted by Crippen LogP contribution is -2.31. The first-order valence-corrected chi connectivity index (χ1v) is 11.0. The zero-order chi connectivity index (χ0) is 18.4. The Morgan fingerprint density at radius 1 is 0.708 bits per heavy atom. The molecule has 0 spiro atoms. The fraction of sp³-hybridized carbons (Fsp3) is 1.00. The maximum Gasteiger partial charge on any atom is -0.0292 e. The highest BCUT2D eigenvalue weighted by Crippen LogP contribution is 2.49. The fourth-order valence-electron chi connectivity index (χ4n) is 5.59. The van der Waals surface area contributed by atoms with Crippen molar-refractivity contribution in [2.75, 3.05) is 0 Å². The van der Waals surface area contributed by atoms with Crippen LogP contribution in [-0.2, 0) is 0 Å². The van der Waals surface area contributed by atoms with Gasteiger partial charge in [-0.3, -0.25) is 0 Å². The SMILES string of the molecule is CCC(C)(C)CC(C)CC1(CC(C)CC(C)(C)CC)CCCCC1. The van der Waals surface area contributed by atoms with E-state index in [0.717, 1.165) is 11.8 Å². The molecule has 144 valence electrons. The smallest absolute Gasteiger partial charge is 0.0292 e. The second kappa shape index (κ2) is 9.09. The predicted molar refractivity (Wildman–Crippen MR) is 110 cm³/mol. The maximum atomic E-state index is 2.54.